The van der Waals surface area contributed by atoms with Gasteiger partial charge in [-0.05, 0) is 18.1 Å². The Bertz CT molecular complexity index is 503. The normalized spacial score (nSPS) is 11.0. The molecule has 0 radical (unpaired) electrons. The van der Waals surface area contributed by atoms with Crippen LogP contribution in [0.5, 0.6) is 0 Å². The molecule has 1 rings (SSSR count). The maximum atomic E-state index is 11.7. The first-order valence-corrected chi connectivity index (χ1v) is 7.61. The van der Waals surface area contributed by atoms with Crippen LogP contribution in [-0.2, 0) is 10.2 Å². The zero-order valence-corrected chi connectivity index (χ0v) is 13.9. The monoisotopic (exact) mass is 356 g/mol. The average Bonchev–Trinajstić information content (AvgIpc) is 2.41. The van der Waals surface area contributed by atoms with Crippen LogP contribution < -0.4 is 10.6 Å². The predicted molar refractivity (Wildman–Crippen MR) is 85.4 cm³/mol. The standard InChI is InChI=1S/C15H21BrN2O3/c1-15(2,11-6-3-4-7-12(11)16)10-18-14(21)17-9-5-8-13(19)20/h3-4,6-7H,5,8-10H2,1-2H3,(H,19,20)(H2,17,18,21). The number of carbonyl (C=O) groups is 2. The van der Waals surface area contributed by atoms with Crippen LogP contribution in [0.15, 0.2) is 28.7 Å². The quantitative estimate of drug-likeness (QED) is 0.657. The zero-order valence-electron chi connectivity index (χ0n) is 12.3. The van der Waals surface area contributed by atoms with E-state index in [0.717, 1.165) is 10.0 Å². The number of carboxylic acid groups (broad SMARTS) is 1. The summed E-state index contributed by atoms with van der Waals surface area (Å²) in [5.74, 6) is -0.854. The molecule has 6 heteroatoms. The third-order valence-corrected chi connectivity index (χ3v) is 3.84. The van der Waals surface area contributed by atoms with Crippen molar-refractivity contribution in [3.8, 4) is 0 Å². The first kappa shape index (κ1) is 17.5. The number of carboxylic acids is 1. The maximum absolute atomic E-state index is 11.7. The van der Waals surface area contributed by atoms with E-state index in [9.17, 15) is 9.59 Å². The molecule has 0 heterocycles. The van der Waals surface area contributed by atoms with Crippen LogP contribution in [0.1, 0.15) is 32.3 Å². The molecule has 2 amide bonds. The number of hydrogen-bond acceptors (Lipinski definition) is 2. The molecule has 0 saturated heterocycles. The topological polar surface area (TPSA) is 78.4 Å². The van der Waals surface area contributed by atoms with Crippen molar-refractivity contribution in [1.29, 1.82) is 0 Å². The molecule has 0 bridgehead atoms. The molecule has 0 aliphatic heterocycles. The first-order valence-electron chi connectivity index (χ1n) is 6.81. The highest BCUT2D eigenvalue weighted by Gasteiger charge is 2.23. The SMILES string of the molecule is CC(C)(CNC(=O)NCCCC(=O)O)c1ccccc1Br. The van der Waals surface area contributed by atoms with Crippen LogP contribution in [0.2, 0.25) is 0 Å². The summed E-state index contributed by atoms with van der Waals surface area (Å²) in [6.07, 6.45) is 0.485. The van der Waals surface area contributed by atoms with E-state index < -0.39 is 5.97 Å². The van der Waals surface area contributed by atoms with Crippen molar-refractivity contribution in [2.45, 2.75) is 32.1 Å². The summed E-state index contributed by atoms with van der Waals surface area (Å²) in [6.45, 7) is 4.95. The fourth-order valence-corrected chi connectivity index (χ4v) is 2.73. The summed E-state index contributed by atoms with van der Waals surface area (Å²) in [7, 11) is 0. The van der Waals surface area contributed by atoms with Gasteiger partial charge in [-0.15, -0.1) is 0 Å². The van der Waals surface area contributed by atoms with E-state index in [0.29, 0.717) is 19.5 Å². The molecule has 0 unspecified atom stereocenters. The van der Waals surface area contributed by atoms with Gasteiger partial charge in [-0.1, -0.05) is 48.0 Å². The number of aliphatic carboxylic acids is 1. The fraction of sp³-hybridized carbons (Fsp3) is 0.467. The van der Waals surface area contributed by atoms with Gasteiger partial charge in [0.2, 0.25) is 0 Å². The Hall–Kier alpha value is -1.56. The Balaban J connectivity index is 2.41. The minimum absolute atomic E-state index is 0.0583. The third kappa shape index (κ3) is 6.16. The van der Waals surface area contributed by atoms with Gasteiger partial charge in [-0.3, -0.25) is 4.79 Å². The second-order valence-corrected chi connectivity index (χ2v) is 6.32. The minimum atomic E-state index is -0.854. The van der Waals surface area contributed by atoms with Gasteiger partial charge < -0.3 is 15.7 Å². The summed E-state index contributed by atoms with van der Waals surface area (Å²) in [5, 5.41) is 14.0. The van der Waals surface area contributed by atoms with Crippen molar-refractivity contribution < 1.29 is 14.7 Å². The Labute approximate surface area is 133 Å². The van der Waals surface area contributed by atoms with Gasteiger partial charge in [0.15, 0.2) is 0 Å². The van der Waals surface area contributed by atoms with Crippen LogP contribution in [0.4, 0.5) is 4.79 Å². The molecule has 21 heavy (non-hydrogen) atoms. The van der Waals surface area contributed by atoms with Crippen LogP contribution >= 0.6 is 15.9 Å². The van der Waals surface area contributed by atoms with Gasteiger partial charge in [0, 0.05) is 29.4 Å². The summed E-state index contributed by atoms with van der Waals surface area (Å²) >= 11 is 3.52. The lowest BCUT2D eigenvalue weighted by Crippen LogP contribution is -2.42. The largest absolute Gasteiger partial charge is 0.481 e. The highest BCUT2D eigenvalue weighted by atomic mass is 79.9. The Morgan fingerprint density at radius 1 is 1.24 bits per heavy atom. The molecule has 116 valence electrons. The Kier molecular flexibility index (Phi) is 6.68. The molecule has 0 atom stereocenters. The van der Waals surface area contributed by atoms with E-state index in [1.807, 2.05) is 24.3 Å². The number of nitrogens with one attached hydrogen (secondary N) is 2. The molecule has 0 fully saturated rings. The number of hydrogen-bond donors (Lipinski definition) is 3. The van der Waals surface area contributed by atoms with Crippen molar-refractivity contribution in [2.75, 3.05) is 13.1 Å². The molecule has 0 saturated carbocycles. The van der Waals surface area contributed by atoms with Crippen molar-refractivity contribution in [3.05, 3.63) is 34.3 Å². The Morgan fingerprint density at radius 2 is 1.90 bits per heavy atom. The van der Waals surface area contributed by atoms with Gasteiger partial charge in [-0.25, -0.2) is 4.79 Å². The number of halogens is 1. The van der Waals surface area contributed by atoms with Crippen molar-refractivity contribution in [2.24, 2.45) is 0 Å². The van der Waals surface area contributed by atoms with Gasteiger partial charge in [0.25, 0.3) is 0 Å². The van der Waals surface area contributed by atoms with E-state index in [4.69, 9.17) is 5.11 Å². The summed E-state index contributed by atoms with van der Waals surface area (Å²) in [4.78, 5) is 22.0. The van der Waals surface area contributed by atoms with Gasteiger partial charge in [0.05, 0.1) is 0 Å². The molecule has 1 aromatic carbocycles. The number of benzene rings is 1. The summed E-state index contributed by atoms with van der Waals surface area (Å²) < 4.78 is 1.01. The van der Waals surface area contributed by atoms with Crippen molar-refractivity contribution in [1.82, 2.24) is 10.6 Å². The molecule has 0 aliphatic carbocycles. The molecule has 0 aliphatic rings. The smallest absolute Gasteiger partial charge is 0.314 e. The highest BCUT2D eigenvalue weighted by Crippen LogP contribution is 2.29. The van der Waals surface area contributed by atoms with Crippen LogP contribution in [0.25, 0.3) is 0 Å². The van der Waals surface area contributed by atoms with Gasteiger partial charge >= 0.3 is 12.0 Å². The Morgan fingerprint density at radius 3 is 2.52 bits per heavy atom. The second kappa shape index (κ2) is 8.02. The molecular formula is C15H21BrN2O3. The van der Waals surface area contributed by atoms with E-state index in [-0.39, 0.29) is 17.9 Å². The highest BCUT2D eigenvalue weighted by molar-refractivity contribution is 9.10. The number of carbonyl (C=O) groups excluding carboxylic acids is 1. The zero-order chi connectivity index (χ0) is 15.9. The predicted octanol–water partition coefficient (Wildman–Crippen LogP) is 2.89. The third-order valence-electron chi connectivity index (χ3n) is 3.15. The average molecular weight is 357 g/mol. The lowest BCUT2D eigenvalue weighted by molar-refractivity contribution is -0.137. The molecule has 0 spiro atoms. The fourth-order valence-electron chi connectivity index (χ4n) is 1.91. The van der Waals surface area contributed by atoms with Crippen LogP contribution in [-0.4, -0.2) is 30.2 Å². The van der Waals surface area contributed by atoms with Gasteiger partial charge in [0.1, 0.15) is 0 Å². The first-order chi connectivity index (χ1) is 9.83. The van der Waals surface area contributed by atoms with E-state index in [1.165, 1.54) is 0 Å². The number of urea groups is 1. The number of rotatable bonds is 7. The van der Waals surface area contributed by atoms with Crippen LogP contribution in [0.3, 0.4) is 0 Å². The van der Waals surface area contributed by atoms with Gasteiger partial charge in [-0.2, -0.15) is 0 Å². The second-order valence-electron chi connectivity index (χ2n) is 5.47. The van der Waals surface area contributed by atoms with E-state index in [2.05, 4.69) is 40.4 Å². The lowest BCUT2D eigenvalue weighted by atomic mass is 9.84. The maximum Gasteiger partial charge on any atom is 0.314 e. The van der Waals surface area contributed by atoms with Crippen LogP contribution in [0, 0.1) is 0 Å². The van der Waals surface area contributed by atoms with Crippen molar-refractivity contribution in [3.63, 3.8) is 0 Å². The summed E-state index contributed by atoms with van der Waals surface area (Å²) in [6, 6.07) is 7.64. The van der Waals surface area contributed by atoms with Crippen molar-refractivity contribution >= 4 is 27.9 Å². The molecular weight excluding hydrogens is 336 g/mol. The lowest BCUT2D eigenvalue weighted by Gasteiger charge is -2.26. The van der Waals surface area contributed by atoms with E-state index in [1.54, 1.807) is 0 Å². The number of amides is 2. The molecule has 3 N–H and O–H groups in total. The molecule has 0 aromatic heterocycles. The summed E-state index contributed by atoms with van der Waals surface area (Å²) in [5.41, 5.74) is 0.912. The van der Waals surface area contributed by atoms with E-state index >= 15 is 0 Å². The molecule has 1 aromatic rings. The molecule has 5 nitrogen and oxygen atoms in total. The minimum Gasteiger partial charge on any atom is -0.481 e.